The number of anilines is 1. The lowest BCUT2D eigenvalue weighted by Gasteiger charge is -2.18. The van der Waals surface area contributed by atoms with E-state index in [2.05, 4.69) is 33.0 Å². The van der Waals surface area contributed by atoms with Crippen molar-refractivity contribution in [2.45, 2.75) is 64.6 Å². The van der Waals surface area contributed by atoms with Crippen molar-refractivity contribution in [1.29, 1.82) is 0 Å². The number of nitrogens with one attached hydrogen (secondary N) is 2. The zero-order valence-electron chi connectivity index (χ0n) is 18.3. The van der Waals surface area contributed by atoms with Gasteiger partial charge in [-0.2, -0.15) is 0 Å². The van der Waals surface area contributed by atoms with Gasteiger partial charge in [0, 0.05) is 31.7 Å². The molecule has 1 amide bonds. The van der Waals surface area contributed by atoms with Crippen molar-refractivity contribution in [1.82, 2.24) is 25.4 Å². The maximum absolute atomic E-state index is 11.9. The van der Waals surface area contributed by atoms with Gasteiger partial charge < -0.3 is 20.1 Å². The van der Waals surface area contributed by atoms with Gasteiger partial charge in [0.25, 0.3) is 0 Å². The van der Waals surface area contributed by atoms with E-state index < -0.39 is 0 Å². The van der Waals surface area contributed by atoms with E-state index in [1.165, 1.54) is 25.7 Å². The van der Waals surface area contributed by atoms with Gasteiger partial charge in [-0.1, -0.05) is 25.0 Å². The molecule has 2 aliphatic rings. The van der Waals surface area contributed by atoms with Crippen LogP contribution < -0.4 is 15.5 Å². The number of hydrogen-bond donors (Lipinski definition) is 2. The van der Waals surface area contributed by atoms with Crippen LogP contribution >= 0.6 is 24.0 Å². The molecule has 2 aromatic rings. The molecule has 1 aliphatic heterocycles. The van der Waals surface area contributed by atoms with E-state index in [0.29, 0.717) is 25.6 Å². The Bertz CT molecular complexity index is 903. The summed E-state index contributed by atoms with van der Waals surface area (Å²) in [6, 6.07) is 8.64. The first-order valence-electron chi connectivity index (χ1n) is 10.9. The number of aromatic nitrogens is 3. The standard InChI is InChI=1S/C22H31N7O.HI/c1-16-26-27-20(28(16)2)15-24-22(25-18-6-3-4-7-18)23-14-17-9-11-19(12-10-17)29-13-5-8-21(29)30;/h9-12,18H,3-8,13-15H2,1-2H3,(H2,23,24,25);1H. The molecular formula is C22H32IN7O. The predicted molar refractivity (Wildman–Crippen MR) is 133 cm³/mol. The fourth-order valence-corrected chi connectivity index (χ4v) is 4.06. The predicted octanol–water partition coefficient (Wildman–Crippen LogP) is 3.05. The molecule has 168 valence electrons. The molecule has 9 heteroatoms. The number of rotatable bonds is 6. The Morgan fingerprint density at radius 1 is 1.16 bits per heavy atom. The van der Waals surface area contributed by atoms with E-state index >= 15 is 0 Å². The Morgan fingerprint density at radius 2 is 1.90 bits per heavy atom. The SMILES string of the molecule is Cc1nnc(CNC(=NCc2ccc(N3CCCC3=O)cc2)NC2CCCC2)n1C.I. The third kappa shape index (κ3) is 5.96. The molecule has 1 aromatic heterocycles. The second kappa shape index (κ2) is 10.9. The number of nitrogens with zero attached hydrogens (tertiary/aromatic N) is 5. The van der Waals surface area contributed by atoms with Crippen LogP contribution in [0.15, 0.2) is 29.3 Å². The number of carbonyl (C=O) groups excluding carboxylic acids is 1. The summed E-state index contributed by atoms with van der Waals surface area (Å²) in [6.45, 7) is 3.92. The molecule has 0 bridgehead atoms. The van der Waals surface area contributed by atoms with Crippen LogP contribution in [0, 0.1) is 6.92 Å². The van der Waals surface area contributed by atoms with E-state index in [-0.39, 0.29) is 29.9 Å². The zero-order valence-corrected chi connectivity index (χ0v) is 20.6. The van der Waals surface area contributed by atoms with E-state index in [1.807, 2.05) is 35.6 Å². The number of guanidine groups is 1. The first-order chi connectivity index (χ1) is 14.6. The minimum absolute atomic E-state index is 0. The summed E-state index contributed by atoms with van der Waals surface area (Å²) < 4.78 is 1.98. The van der Waals surface area contributed by atoms with Gasteiger partial charge in [0.1, 0.15) is 5.82 Å². The fraction of sp³-hybridized carbons (Fsp3) is 0.545. The van der Waals surface area contributed by atoms with Crippen LogP contribution in [0.25, 0.3) is 0 Å². The molecule has 1 aromatic carbocycles. The Labute approximate surface area is 200 Å². The van der Waals surface area contributed by atoms with Gasteiger partial charge in [0.15, 0.2) is 11.8 Å². The first-order valence-corrected chi connectivity index (χ1v) is 10.9. The molecular weight excluding hydrogens is 505 g/mol. The molecule has 2 heterocycles. The van der Waals surface area contributed by atoms with Gasteiger partial charge in [-0.25, -0.2) is 4.99 Å². The van der Waals surface area contributed by atoms with Crippen molar-refractivity contribution in [2.75, 3.05) is 11.4 Å². The topological polar surface area (TPSA) is 87.4 Å². The highest BCUT2D eigenvalue weighted by Gasteiger charge is 2.21. The summed E-state index contributed by atoms with van der Waals surface area (Å²) >= 11 is 0. The molecule has 1 saturated heterocycles. The number of amides is 1. The van der Waals surface area contributed by atoms with Gasteiger partial charge in [0.05, 0.1) is 13.1 Å². The summed E-state index contributed by atoms with van der Waals surface area (Å²) in [5.41, 5.74) is 2.10. The van der Waals surface area contributed by atoms with Crippen LogP contribution in [-0.4, -0.2) is 39.2 Å². The summed E-state index contributed by atoms with van der Waals surface area (Å²) in [5.74, 6) is 2.80. The van der Waals surface area contributed by atoms with Crippen LogP contribution in [0.3, 0.4) is 0 Å². The summed E-state index contributed by atoms with van der Waals surface area (Å²) in [4.78, 5) is 18.6. The average Bonchev–Trinajstić information content (AvgIpc) is 3.49. The molecule has 8 nitrogen and oxygen atoms in total. The number of carbonyl (C=O) groups is 1. The third-order valence-corrected chi connectivity index (χ3v) is 6.03. The van der Waals surface area contributed by atoms with E-state index in [0.717, 1.165) is 41.8 Å². The van der Waals surface area contributed by atoms with Gasteiger partial charge in [0.2, 0.25) is 5.91 Å². The fourth-order valence-electron chi connectivity index (χ4n) is 4.06. The van der Waals surface area contributed by atoms with Gasteiger partial charge in [-0.05, 0) is 43.9 Å². The second-order valence-electron chi connectivity index (χ2n) is 8.18. The van der Waals surface area contributed by atoms with Crippen molar-refractivity contribution in [3.63, 3.8) is 0 Å². The van der Waals surface area contributed by atoms with Crippen LogP contribution in [0.1, 0.15) is 55.7 Å². The highest BCUT2D eigenvalue weighted by atomic mass is 127. The lowest BCUT2D eigenvalue weighted by molar-refractivity contribution is -0.117. The number of benzene rings is 1. The van der Waals surface area contributed by atoms with Gasteiger partial charge in [-0.3, -0.25) is 4.79 Å². The Balaban J connectivity index is 0.00000272. The summed E-state index contributed by atoms with van der Waals surface area (Å²) in [7, 11) is 1.97. The van der Waals surface area contributed by atoms with Crippen LogP contribution in [-0.2, 0) is 24.9 Å². The van der Waals surface area contributed by atoms with E-state index in [1.54, 1.807) is 0 Å². The number of aryl methyl sites for hydroxylation is 1. The maximum Gasteiger partial charge on any atom is 0.227 e. The number of halogens is 1. The molecule has 4 rings (SSSR count). The molecule has 0 radical (unpaired) electrons. The van der Waals surface area contributed by atoms with Crippen molar-refractivity contribution < 1.29 is 4.79 Å². The van der Waals surface area contributed by atoms with E-state index in [9.17, 15) is 4.79 Å². The quantitative estimate of drug-likeness (QED) is 0.336. The Kier molecular flexibility index (Phi) is 8.28. The van der Waals surface area contributed by atoms with Crippen LogP contribution in [0.2, 0.25) is 0 Å². The zero-order chi connectivity index (χ0) is 20.9. The monoisotopic (exact) mass is 537 g/mol. The Morgan fingerprint density at radius 3 is 2.52 bits per heavy atom. The maximum atomic E-state index is 11.9. The Hall–Kier alpha value is -2.17. The molecule has 1 saturated carbocycles. The molecule has 2 fully saturated rings. The largest absolute Gasteiger partial charge is 0.354 e. The highest BCUT2D eigenvalue weighted by Crippen LogP contribution is 2.22. The smallest absolute Gasteiger partial charge is 0.227 e. The second-order valence-corrected chi connectivity index (χ2v) is 8.18. The molecule has 1 aliphatic carbocycles. The lowest BCUT2D eigenvalue weighted by Crippen LogP contribution is -2.42. The van der Waals surface area contributed by atoms with Gasteiger partial charge in [-0.15, -0.1) is 34.2 Å². The van der Waals surface area contributed by atoms with Crippen molar-refractivity contribution in [3.8, 4) is 0 Å². The summed E-state index contributed by atoms with van der Waals surface area (Å²) in [5, 5.41) is 15.3. The summed E-state index contributed by atoms with van der Waals surface area (Å²) in [6.07, 6.45) is 6.50. The normalized spacial score (nSPS) is 17.2. The molecule has 0 atom stereocenters. The molecule has 0 spiro atoms. The molecule has 0 unspecified atom stereocenters. The lowest BCUT2D eigenvalue weighted by atomic mass is 10.2. The van der Waals surface area contributed by atoms with Crippen LogP contribution in [0.4, 0.5) is 5.69 Å². The van der Waals surface area contributed by atoms with Crippen molar-refractivity contribution in [2.24, 2.45) is 12.0 Å². The third-order valence-electron chi connectivity index (χ3n) is 6.03. The van der Waals surface area contributed by atoms with Crippen molar-refractivity contribution in [3.05, 3.63) is 41.5 Å². The minimum atomic E-state index is 0. The van der Waals surface area contributed by atoms with E-state index in [4.69, 9.17) is 4.99 Å². The van der Waals surface area contributed by atoms with Gasteiger partial charge >= 0.3 is 0 Å². The molecule has 2 N–H and O–H groups in total. The minimum Gasteiger partial charge on any atom is -0.354 e. The van der Waals surface area contributed by atoms with Crippen LogP contribution in [0.5, 0.6) is 0 Å². The number of aliphatic imine (C=N–C) groups is 1. The average molecular weight is 537 g/mol. The first kappa shape index (κ1) is 23.5. The molecule has 31 heavy (non-hydrogen) atoms. The number of hydrogen-bond acceptors (Lipinski definition) is 4. The van der Waals surface area contributed by atoms with Crippen molar-refractivity contribution >= 4 is 41.5 Å². The highest BCUT2D eigenvalue weighted by molar-refractivity contribution is 14.0.